The molecule has 0 bridgehead atoms. The van der Waals surface area contributed by atoms with Crippen LogP contribution in [0.4, 0.5) is 5.13 Å². The van der Waals surface area contributed by atoms with Crippen LogP contribution in [0, 0.1) is 0 Å². The number of thiocarbonyl (C=S) groups is 1. The van der Waals surface area contributed by atoms with Crippen LogP contribution in [0.3, 0.4) is 0 Å². The number of carbonyl (C=O) groups excluding carboxylic acids is 2. The zero-order chi connectivity index (χ0) is 24.1. The van der Waals surface area contributed by atoms with E-state index in [9.17, 15) is 19.5 Å². The van der Waals surface area contributed by atoms with Crippen LogP contribution in [0.15, 0.2) is 26.9 Å². The number of amides is 2. The van der Waals surface area contributed by atoms with Crippen molar-refractivity contribution in [2.45, 2.75) is 18.3 Å². The number of anilines is 1. The predicted octanol–water partition coefficient (Wildman–Crippen LogP) is -0.716. The number of nitrogens with one attached hydrogen (secondary N) is 3. The number of thioether (sulfide) groups is 1. The van der Waals surface area contributed by atoms with E-state index in [1.165, 1.54) is 30.5 Å². The molecule has 3 heterocycles. The first-order valence-corrected chi connectivity index (χ1v) is 11.7. The second-order valence-electron chi connectivity index (χ2n) is 6.49. The van der Waals surface area contributed by atoms with Crippen molar-refractivity contribution in [2.24, 2.45) is 10.3 Å². The molecule has 2 aliphatic heterocycles. The monoisotopic (exact) mass is 512 g/mol. The summed E-state index contributed by atoms with van der Waals surface area (Å²) in [5, 5.41) is 24.0. The average molecular weight is 513 g/mol. The minimum absolute atomic E-state index is 0.114. The third-order valence-corrected chi connectivity index (χ3v) is 6.71. The van der Waals surface area contributed by atoms with Crippen molar-refractivity contribution in [3.05, 3.63) is 22.3 Å². The van der Waals surface area contributed by atoms with Gasteiger partial charge in [0.15, 0.2) is 16.0 Å². The first-order chi connectivity index (χ1) is 15.8. The van der Waals surface area contributed by atoms with Crippen LogP contribution in [-0.2, 0) is 19.2 Å². The number of β-lactam (4-membered cyclic amide) rings is 1. The van der Waals surface area contributed by atoms with Crippen molar-refractivity contribution < 1.29 is 24.3 Å². The van der Waals surface area contributed by atoms with Crippen LogP contribution in [0.1, 0.15) is 12.6 Å². The van der Waals surface area contributed by atoms with Gasteiger partial charge in [-0.05, 0) is 24.7 Å². The molecule has 1 aromatic heterocycles. The van der Waals surface area contributed by atoms with Gasteiger partial charge in [-0.2, -0.15) is 5.10 Å². The number of nitrogens with two attached hydrogens (primary N) is 1. The average Bonchev–Trinajstić information content (AvgIpc) is 3.22. The molecule has 176 valence electrons. The first kappa shape index (κ1) is 24.4. The van der Waals surface area contributed by atoms with E-state index < -0.39 is 29.2 Å². The lowest BCUT2D eigenvalue weighted by molar-refractivity contribution is -0.150. The van der Waals surface area contributed by atoms with Crippen LogP contribution in [0.2, 0.25) is 0 Å². The number of rotatable bonds is 8. The van der Waals surface area contributed by atoms with Gasteiger partial charge in [0.1, 0.15) is 29.9 Å². The van der Waals surface area contributed by atoms with E-state index in [1.807, 2.05) is 0 Å². The maximum atomic E-state index is 12.8. The number of aliphatic carboxylic acids is 1. The molecule has 2 aliphatic rings. The minimum atomic E-state index is -1.25. The molecule has 33 heavy (non-hydrogen) atoms. The number of nitrogens with zero attached hydrogens (tertiary/aromatic N) is 4. The quantitative estimate of drug-likeness (QED) is 0.128. The Labute approximate surface area is 201 Å². The van der Waals surface area contributed by atoms with Gasteiger partial charge in [0.2, 0.25) is 0 Å². The number of hydrogen-bond donors (Lipinski definition) is 5. The Kier molecular flexibility index (Phi) is 7.83. The van der Waals surface area contributed by atoms with Gasteiger partial charge in [-0.25, -0.2) is 9.78 Å². The van der Waals surface area contributed by atoms with Crippen molar-refractivity contribution in [2.75, 3.05) is 25.1 Å². The molecule has 0 saturated carbocycles. The standard InChI is InChI=1S/C17H20N8O5S3/c1-3-20-23-17(31)19-4-7-5-32-14-10(13(27)25(14)11(7)15(28)29)22-12(26)9(24-30-2)8-6-33-16(18)21-8/h3,6,10,14H,4-5H2,1-2H3,(H2,18,21)(H,22,26)(H,28,29)(H2,19,23,31)/b20-3?,24-9-/t10?,14-/m0/s1. The molecule has 6 N–H and O–H groups in total. The van der Waals surface area contributed by atoms with Crippen LogP contribution >= 0.6 is 35.3 Å². The number of carboxylic acids is 1. The second kappa shape index (κ2) is 10.6. The molecule has 0 aliphatic carbocycles. The van der Waals surface area contributed by atoms with E-state index in [1.54, 1.807) is 6.92 Å². The van der Waals surface area contributed by atoms with Crippen LogP contribution in [0.5, 0.6) is 0 Å². The number of thiazole rings is 1. The maximum absolute atomic E-state index is 12.8. The third-order valence-electron chi connectivity index (χ3n) is 4.46. The highest BCUT2D eigenvalue weighted by molar-refractivity contribution is 8.00. The lowest BCUT2D eigenvalue weighted by Gasteiger charge is -2.49. The van der Waals surface area contributed by atoms with E-state index >= 15 is 0 Å². The van der Waals surface area contributed by atoms with E-state index in [2.05, 4.69) is 31.3 Å². The topological polar surface area (TPSA) is 184 Å². The third kappa shape index (κ3) is 5.23. The molecule has 1 fully saturated rings. The molecule has 1 unspecified atom stereocenters. The largest absolute Gasteiger partial charge is 0.477 e. The Morgan fingerprint density at radius 2 is 2.27 bits per heavy atom. The summed E-state index contributed by atoms with van der Waals surface area (Å²) in [6.07, 6.45) is 1.51. The maximum Gasteiger partial charge on any atom is 0.352 e. The molecular weight excluding hydrogens is 492 g/mol. The molecule has 2 amide bonds. The highest BCUT2D eigenvalue weighted by Crippen LogP contribution is 2.40. The summed E-state index contributed by atoms with van der Waals surface area (Å²) in [6.45, 7) is 1.82. The molecule has 1 aromatic rings. The summed E-state index contributed by atoms with van der Waals surface area (Å²) in [7, 11) is 1.27. The summed E-state index contributed by atoms with van der Waals surface area (Å²) in [4.78, 5) is 47.4. The van der Waals surface area contributed by atoms with Crippen LogP contribution in [0.25, 0.3) is 0 Å². The lowest BCUT2D eigenvalue weighted by atomic mass is 10.0. The summed E-state index contributed by atoms with van der Waals surface area (Å²) >= 11 is 7.50. The van der Waals surface area contributed by atoms with E-state index in [4.69, 9.17) is 22.8 Å². The number of hydrogen-bond acceptors (Lipinski definition) is 11. The molecule has 2 atom stereocenters. The van der Waals surface area contributed by atoms with Gasteiger partial charge in [0.05, 0.1) is 0 Å². The number of nitrogen functional groups attached to an aromatic ring is 1. The van der Waals surface area contributed by atoms with Gasteiger partial charge in [0.25, 0.3) is 11.8 Å². The Bertz CT molecular complexity index is 1070. The number of hydrazone groups is 1. The van der Waals surface area contributed by atoms with Crippen LogP contribution < -0.4 is 21.8 Å². The number of aromatic nitrogens is 1. The Balaban J connectivity index is 1.73. The summed E-state index contributed by atoms with van der Waals surface area (Å²) < 4.78 is 0. The summed E-state index contributed by atoms with van der Waals surface area (Å²) in [6, 6.07) is -0.939. The van der Waals surface area contributed by atoms with Gasteiger partial charge >= 0.3 is 5.97 Å². The van der Waals surface area contributed by atoms with Gasteiger partial charge in [-0.15, -0.1) is 23.1 Å². The smallest absolute Gasteiger partial charge is 0.352 e. The minimum Gasteiger partial charge on any atom is -0.477 e. The van der Waals surface area contributed by atoms with Gasteiger partial charge in [0, 0.05) is 23.9 Å². The van der Waals surface area contributed by atoms with Crippen molar-refractivity contribution in [3.63, 3.8) is 0 Å². The molecule has 13 nitrogen and oxygen atoms in total. The van der Waals surface area contributed by atoms with Gasteiger partial charge in [-0.3, -0.25) is 19.9 Å². The van der Waals surface area contributed by atoms with Gasteiger partial charge in [-0.1, -0.05) is 5.16 Å². The Hall–Kier alpha value is -3.24. The normalized spacial score (nSPS) is 20.2. The van der Waals surface area contributed by atoms with Crippen molar-refractivity contribution in [1.82, 2.24) is 25.9 Å². The lowest BCUT2D eigenvalue weighted by Crippen LogP contribution is -2.71. The molecule has 0 aromatic carbocycles. The molecule has 0 radical (unpaired) electrons. The Morgan fingerprint density at radius 3 is 2.88 bits per heavy atom. The predicted molar refractivity (Wildman–Crippen MR) is 128 cm³/mol. The van der Waals surface area contributed by atoms with Gasteiger partial charge < -0.3 is 26.3 Å². The molecule has 3 rings (SSSR count). The number of carboxylic acid groups (broad SMARTS) is 1. The SMILES string of the molecule is CC=NNC(=S)NCC1=C(C(=O)O)N2C(=O)C(NC(=O)/C(=N\OC)c3csc(N)n3)[C@@H]2SC1. The van der Waals surface area contributed by atoms with Crippen LogP contribution in [-0.4, -0.2) is 80.6 Å². The molecule has 1 saturated heterocycles. The molecule has 0 spiro atoms. The van der Waals surface area contributed by atoms with Crippen molar-refractivity contribution in [1.29, 1.82) is 0 Å². The highest BCUT2D eigenvalue weighted by Gasteiger charge is 2.54. The van der Waals surface area contributed by atoms with E-state index in [0.29, 0.717) is 11.3 Å². The Morgan fingerprint density at radius 1 is 1.52 bits per heavy atom. The van der Waals surface area contributed by atoms with E-state index in [0.717, 1.165) is 16.2 Å². The zero-order valence-electron chi connectivity index (χ0n) is 17.4. The highest BCUT2D eigenvalue weighted by atomic mass is 32.2. The fourth-order valence-electron chi connectivity index (χ4n) is 3.07. The summed E-state index contributed by atoms with van der Waals surface area (Å²) in [5.41, 5.74) is 8.59. The fourth-order valence-corrected chi connectivity index (χ4v) is 5.09. The zero-order valence-corrected chi connectivity index (χ0v) is 19.8. The van der Waals surface area contributed by atoms with Crippen molar-refractivity contribution in [3.8, 4) is 0 Å². The van der Waals surface area contributed by atoms with E-state index in [-0.39, 0.29) is 33.9 Å². The molecule has 16 heteroatoms. The number of fused-ring (bicyclic) bond motifs is 1. The summed E-state index contributed by atoms with van der Waals surface area (Å²) in [5.74, 6) is -2.18. The second-order valence-corrected chi connectivity index (χ2v) is 8.90. The molecular formula is C17H20N8O5S3. The number of carbonyl (C=O) groups is 3. The number of oxime groups is 1. The fraction of sp³-hybridized carbons (Fsp3) is 0.353. The first-order valence-electron chi connectivity index (χ1n) is 9.33. The van der Waals surface area contributed by atoms with Crippen molar-refractivity contribution >= 4 is 75.3 Å².